The predicted molar refractivity (Wildman–Crippen MR) is 99.5 cm³/mol. The fraction of sp³-hybridized carbons (Fsp3) is 0.389. The first-order valence-corrected chi connectivity index (χ1v) is 8.40. The molecule has 0 radical (unpaired) electrons. The predicted octanol–water partition coefficient (Wildman–Crippen LogP) is 4.08. The highest BCUT2D eigenvalue weighted by atomic mass is 32.1. The molecule has 130 valence electrons. The molecule has 2 aromatic rings. The molecule has 1 heterocycles. The second kappa shape index (κ2) is 9.30. The van der Waals surface area contributed by atoms with E-state index >= 15 is 0 Å². The van der Waals surface area contributed by atoms with E-state index in [0.29, 0.717) is 24.9 Å². The fourth-order valence-electron chi connectivity index (χ4n) is 2.38. The number of nitrogens with one attached hydrogen (secondary N) is 1. The van der Waals surface area contributed by atoms with Crippen molar-refractivity contribution in [3.05, 3.63) is 48.4 Å². The van der Waals surface area contributed by atoms with Crippen LogP contribution < -0.4 is 10.1 Å². The van der Waals surface area contributed by atoms with E-state index in [0.717, 1.165) is 17.2 Å². The van der Waals surface area contributed by atoms with E-state index in [2.05, 4.69) is 12.2 Å². The number of benzene rings is 1. The van der Waals surface area contributed by atoms with Crippen LogP contribution in [0.25, 0.3) is 0 Å². The van der Waals surface area contributed by atoms with Crippen LogP contribution in [0.2, 0.25) is 0 Å². The van der Waals surface area contributed by atoms with Crippen LogP contribution in [0.5, 0.6) is 5.75 Å². The van der Waals surface area contributed by atoms with Crippen molar-refractivity contribution >= 4 is 23.0 Å². The molecule has 5 nitrogen and oxygen atoms in total. The number of anilines is 1. The van der Waals surface area contributed by atoms with Crippen LogP contribution in [0.4, 0.5) is 5.69 Å². The van der Waals surface area contributed by atoms with Crippen LogP contribution in [0.3, 0.4) is 0 Å². The number of para-hydroxylation sites is 2. The van der Waals surface area contributed by atoms with E-state index in [-0.39, 0.29) is 6.04 Å². The molecule has 1 aromatic heterocycles. The molecule has 1 aromatic carbocycles. The minimum atomic E-state index is -0.00518. The summed E-state index contributed by atoms with van der Waals surface area (Å²) in [5.41, 5.74) is 0.846. The second-order valence-corrected chi connectivity index (χ2v) is 5.62. The van der Waals surface area contributed by atoms with Gasteiger partial charge in [0.15, 0.2) is 5.11 Å². The van der Waals surface area contributed by atoms with Gasteiger partial charge in [-0.25, -0.2) is 0 Å². The first-order chi connectivity index (χ1) is 11.7. The molecule has 0 fully saturated rings. The van der Waals surface area contributed by atoms with E-state index < -0.39 is 0 Å². The van der Waals surface area contributed by atoms with E-state index in [1.165, 1.54) is 0 Å². The maximum absolute atomic E-state index is 5.65. The molecule has 0 aliphatic heterocycles. The lowest BCUT2D eigenvalue weighted by atomic mass is 10.2. The minimum absolute atomic E-state index is 0.00518. The maximum Gasteiger partial charge on any atom is 0.174 e. The number of methoxy groups -OCH3 is 1. The highest BCUT2D eigenvalue weighted by Gasteiger charge is 2.21. The van der Waals surface area contributed by atoms with Gasteiger partial charge in [-0.15, -0.1) is 0 Å². The smallest absolute Gasteiger partial charge is 0.174 e. The number of ether oxygens (including phenoxy) is 2. The number of nitrogens with zero attached hydrogens (tertiary/aromatic N) is 1. The van der Waals surface area contributed by atoms with Crippen molar-refractivity contribution in [2.75, 3.05) is 32.2 Å². The van der Waals surface area contributed by atoms with Crippen LogP contribution in [-0.4, -0.2) is 36.9 Å². The van der Waals surface area contributed by atoms with Crippen molar-refractivity contribution in [1.29, 1.82) is 0 Å². The third-order valence-corrected chi connectivity index (χ3v) is 3.98. The first-order valence-electron chi connectivity index (χ1n) is 7.99. The van der Waals surface area contributed by atoms with Gasteiger partial charge in [0.1, 0.15) is 11.5 Å². The molecule has 1 N–H and O–H groups in total. The molecule has 1 atom stereocenters. The normalized spacial score (nSPS) is 11.8. The van der Waals surface area contributed by atoms with Crippen LogP contribution >= 0.6 is 12.2 Å². The summed E-state index contributed by atoms with van der Waals surface area (Å²) in [6.45, 7) is 5.83. The van der Waals surface area contributed by atoms with Gasteiger partial charge in [-0.3, -0.25) is 0 Å². The van der Waals surface area contributed by atoms with Crippen molar-refractivity contribution in [2.45, 2.75) is 19.9 Å². The first kappa shape index (κ1) is 18.3. The minimum Gasteiger partial charge on any atom is -0.492 e. The topological polar surface area (TPSA) is 46.9 Å². The summed E-state index contributed by atoms with van der Waals surface area (Å²) in [4.78, 5) is 2.04. The van der Waals surface area contributed by atoms with Crippen molar-refractivity contribution in [2.24, 2.45) is 0 Å². The molecular formula is C18H24N2O3S. The summed E-state index contributed by atoms with van der Waals surface area (Å²) < 4.78 is 16.4. The molecule has 0 spiro atoms. The molecule has 0 bridgehead atoms. The SMILES string of the molecule is CCOc1ccccc1NC(=S)N(CCOC)C(C)c1ccco1. The van der Waals surface area contributed by atoms with Crippen LogP contribution in [0, 0.1) is 0 Å². The zero-order valence-electron chi connectivity index (χ0n) is 14.3. The Morgan fingerprint density at radius 3 is 2.75 bits per heavy atom. The van der Waals surface area contributed by atoms with Crippen molar-refractivity contribution in [3.8, 4) is 5.75 Å². The Labute approximate surface area is 148 Å². The Kier molecular flexibility index (Phi) is 7.08. The van der Waals surface area contributed by atoms with E-state index in [1.54, 1.807) is 13.4 Å². The van der Waals surface area contributed by atoms with Gasteiger partial charge in [-0.1, -0.05) is 12.1 Å². The summed E-state index contributed by atoms with van der Waals surface area (Å²) in [6.07, 6.45) is 1.67. The highest BCUT2D eigenvalue weighted by molar-refractivity contribution is 7.80. The molecule has 6 heteroatoms. The molecule has 0 saturated carbocycles. The van der Waals surface area contributed by atoms with Crippen LogP contribution in [0.1, 0.15) is 25.6 Å². The van der Waals surface area contributed by atoms with Gasteiger partial charge in [0, 0.05) is 13.7 Å². The average molecular weight is 348 g/mol. The summed E-state index contributed by atoms with van der Waals surface area (Å²) in [5.74, 6) is 1.63. The summed E-state index contributed by atoms with van der Waals surface area (Å²) in [5, 5.41) is 3.88. The van der Waals surface area contributed by atoms with Gasteiger partial charge >= 0.3 is 0 Å². The molecule has 24 heavy (non-hydrogen) atoms. The monoisotopic (exact) mass is 348 g/mol. The lowest BCUT2D eigenvalue weighted by Gasteiger charge is -2.30. The van der Waals surface area contributed by atoms with Gasteiger partial charge in [-0.05, 0) is 50.3 Å². The van der Waals surface area contributed by atoms with Gasteiger partial charge in [0.25, 0.3) is 0 Å². The molecule has 0 amide bonds. The van der Waals surface area contributed by atoms with E-state index in [9.17, 15) is 0 Å². The fourth-order valence-corrected chi connectivity index (χ4v) is 2.74. The third kappa shape index (κ3) is 4.72. The van der Waals surface area contributed by atoms with Gasteiger partial charge in [0.2, 0.25) is 0 Å². The largest absolute Gasteiger partial charge is 0.492 e. The zero-order chi connectivity index (χ0) is 17.4. The number of thiocarbonyl (C=S) groups is 1. The molecule has 1 unspecified atom stereocenters. The van der Waals surface area contributed by atoms with Gasteiger partial charge in [-0.2, -0.15) is 0 Å². The Hall–Kier alpha value is -2.05. The summed E-state index contributed by atoms with van der Waals surface area (Å²) in [7, 11) is 1.68. The standard InChI is InChI=1S/C18H24N2O3S/c1-4-22-17-9-6-5-8-15(17)19-18(24)20(11-13-21-3)14(2)16-10-7-12-23-16/h5-10,12,14H,4,11,13H2,1-3H3,(H,19,24). The molecule has 2 rings (SSSR count). The maximum atomic E-state index is 5.65. The summed E-state index contributed by atoms with van der Waals surface area (Å²) >= 11 is 5.63. The highest BCUT2D eigenvalue weighted by Crippen LogP contribution is 2.26. The Morgan fingerprint density at radius 1 is 1.29 bits per heavy atom. The Bertz CT molecular complexity index is 631. The van der Waals surface area contributed by atoms with E-state index in [1.807, 2.05) is 48.2 Å². The third-order valence-electron chi connectivity index (χ3n) is 3.65. The van der Waals surface area contributed by atoms with Crippen LogP contribution in [-0.2, 0) is 4.74 Å². The Morgan fingerprint density at radius 2 is 2.08 bits per heavy atom. The molecule has 0 aliphatic carbocycles. The number of rotatable bonds is 8. The molecular weight excluding hydrogens is 324 g/mol. The lowest BCUT2D eigenvalue weighted by Crippen LogP contribution is -2.39. The van der Waals surface area contributed by atoms with Gasteiger partial charge < -0.3 is 24.1 Å². The van der Waals surface area contributed by atoms with E-state index in [4.69, 9.17) is 26.1 Å². The van der Waals surface area contributed by atoms with Crippen LogP contribution in [0.15, 0.2) is 47.1 Å². The number of hydrogen-bond acceptors (Lipinski definition) is 4. The second-order valence-electron chi connectivity index (χ2n) is 5.24. The number of hydrogen-bond donors (Lipinski definition) is 1. The van der Waals surface area contributed by atoms with Crippen molar-refractivity contribution in [3.63, 3.8) is 0 Å². The average Bonchev–Trinajstić information content (AvgIpc) is 3.11. The zero-order valence-corrected chi connectivity index (χ0v) is 15.1. The van der Waals surface area contributed by atoms with Gasteiger partial charge in [0.05, 0.1) is 31.2 Å². The Balaban J connectivity index is 2.15. The number of furan rings is 1. The molecule has 0 saturated heterocycles. The quantitative estimate of drug-likeness (QED) is 0.725. The van der Waals surface area contributed by atoms with Crippen molar-refractivity contribution < 1.29 is 13.9 Å². The summed E-state index contributed by atoms with van der Waals surface area (Å²) in [6, 6.07) is 11.6. The lowest BCUT2D eigenvalue weighted by molar-refractivity contribution is 0.160. The van der Waals surface area contributed by atoms with Crippen molar-refractivity contribution in [1.82, 2.24) is 4.90 Å². The molecule has 0 aliphatic rings.